The van der Waals surface area contributed by atoms with Crippen molar-refractivity contribution >= 4 is 0 Å². The minimum atomic E-state index is 0.0462. The summed E-state index contributed by atoms with van der Waals surface area (Å²) in [6.45, 7) is 8.46. The van der Waals surface area contributed by atoms with E-state index < -0.39 is 0 Å². The molecule has 0 aromatic rings. The highest BCUT2D eigenvalue weighted by atomic mass is 16.7. The highest BCUT2D eigenvalue weighted by Gasteiger charge is 2.09. The largest absolute Gasteiger partial charge is 0.353 e. The molecule has 0 aromatic heterocycles. The van der Waals surface area contributed by atoms with Crippen LogP contribution in [0, 0.1) is 0 Å². The molecule has 2 heteroatoms. The molecule has 0 N–H and O–H groups in total. The van der Waals surface area contributed by atoms with E-state index >= 15 is 0 Å². The van der Waals surface area contributed by atoms with Gasteiger partial charge in [0.25, 0.3) is 0 Å². The molecule has 0 amide bonds. The number of hydrogen-bond acceptors (Lipinski definition) is 2. The molecule has 0 aliphatic heterocycles. The van der Waals surface area contributed by atoms with Crippen molar-refractivity contribution in [2.45, 2.75) is 111 Å². The van der Waals surface area contributed by atoms with Gasteiger partial charge in [0.2, 0.25) is 0 Å². The zero-order chi connectivity index (χ0) is 15.6. The Bertz CT molecular complexity index is 170. The topological polar surface area (TPSA) is 18.5 Å². The van der Waals surface area contributed by atoms with Crippen LogP contribution in [0.25, 0.3) is 0 Å². The quantitative estimate of drug-likeness (QED) is 0.226. The van der Waals surface area contributed by atoms with E-state index in [1.807, 2.05) is 0 Å². The minimum absolute atomic E-state index is 0.0462. The van der Waals surface area contributed by atoms with Crippen molar-refractivity contribution in [2.24, 2.45) is 0 Å². The maximum Gasteiger partial charge on any atom is 0.157 e. The van der Waals surface area contributed by atoms with Crippen molar-refractivity contribution in [3.8, 4) is 0 Å². The Hall–Kier alpha value is -0.0800. The number of rotatable bonds is 17. The van der Waals surface area contributed by atoms with Gasteiger partial charge < -0.3 is 9.47 Å². The Morgan fingerprint density at radius 2 is 0.952 bits per heavy atom. The third kappa shape index (κ3) is 16.1. The van der Waals surface area contributed by atoms with Gasteiger partial charge in [-0.05, 0) is 25.7 Å². The molecule has 0 saturated heterocycles. The van der Waals surface area contributed by atoms with Crippen LogP contribution in [0.5, 0.6) is 0 Å². The van der Waals surface area contributed by atoms with Crippen LogP contribution in [0.3, 0.4) is 0 Å². The molecular formula is C19H40O2. The van der Waals surface area contributed by atoms with Crippen molar-refractivity contribution < 1.29 is 9.47 Å². The van der Waals surface area contributed by atoms with Crippen molar-refractivity contribution in [3.63, 3.8) is 0 Å². The summed E-state index contributed by atoms with van der Waals surface area (Å²) in [7, 11) is 0. The first-order valence-corrected chi connectivity index (χ1v) is 9.58. The standard InChI is InChI=1S/C19H40O2/c1-4-7-10-11-12-13-16-19(20-17-14-8-5-2)21-18-15-9-6-3/h19H,4-18H2,1-3H3. The second kappa shape index (κ2) is 18.0. The molecular weight excluding hydrogens is 260 g/mol. The lowest BCUT2D eigenvalue weighted by molar-refractivity contribution is -0.148. The zero-order valence-corrected chi connectivity index (χ0v) is 15.0. The smallest absolute Gasteiger partial charge is 0.157 e. The van der Waals surface area contributed by atoms with E-state index in [2.05, 4.69) is 20.8 Å². The molecule has 0 bridgehead atoms. The van der Waals surface area contributed by atoms with Crippen LogP contribution < -0.4 is 0 Å². The van der Waals surface area contributed by atoms with Gasteiger partial charge in [-0.3, -0.25) is 0 Å². The maximum atomic E-state index is 5.93. The highest BCUT2D eigenvalue weighted by Crippen LogP contribution is 2.13. The van der Waals surface area contributed by atoms with Gasteiger partial charge in [0.15, 0.2) is 6.29 Å². The highest BCUT2D eigenvalue weighted by molar-refractivity contribution is 4.51. The molecule has 0 spiro atoms. The van der Waals surface area contributed by atoms with Gasteiger partial charge in [0, 0.05) is 13.2 Å². The molecule has 0 aliphatic carbocycles. The predicted molar refractivity (Wildman–Crippen MR) is 92.7 cm³/mol. The Morgan fingerprint density at radius 1 is 0.524 bits per heavy atom. The summed E-state index contributed by atoms with van der Waals surface area (Å²) >= 11 is 0. The van der Waals surface area contributed by atoms with Crippen LogP contribution in [-0.2, 0) is 9.47 Å². The van der Waals surface area contributed by atoms with E-state index in [0.717, 1.165) is 19.6 Å². The van der Waals surface area contributed by atoms with E-state index in [1.165, 1.54) is 77.0 Å². The van der Waals surface area contributed by atoms with Gasteiger partial charge in [-0.1, -0.05) is 78.6 Å². The molecule has 0 aliphatic rings. The third-order valence-electron chi connectivity index (χ3n) is 3.90. The van der Waals surface area contributed by atoms with Gasteiger partial charge in [0.05, 0.1) is 0 Å². The van der Waals surface area contributed by atoms with Crippen LogP contribution in [0.4, 0.5) is 0 Å². The average Bonchev–Trinajstić information content (AvgIpc) is 2.50. The second-order valence-corrected chi connectivity index (χ2v) is 6.14. The fourth-order valence-corrected chi connectivity index (χ4v) is 2.44. The van der Waals surface area contributed by atoms with Crippen LogP contribution in [0.2, 0.25) is 0 Å². The Labute approximate surface area is 134 Å². The molecule has 128 valence electrons. The molecule has 0 unspecified atom stereocenters. The van der Waals surface area contributed by atoms with Crippen molar-refractivity contribution in [1.29, 1.82) is 0 Å². The fourth-order valence-electron chi connectivity index (χ4n) is 2.44. The molecule has 2 nitrogen and oxygen atoms in total. The van der Waals surface area contributed by atoms with Crippen LogP contribution in [0.1, 0.15) is 104 Å². The maximum absolute atomic E-state index is 5.93. The fraction of sp³-hybridized carbons (Fsp3) is 1.00. The molecule has 0 atom stereocenters. The summed E-state index contributed by atoms with van der Waals surface area (Å²) in [5.74, 6) is 0. The summed E-state index contributed by atoms with van der Waals surface area (Å²) in [6, 6.07) is 0. The first-order chi connectivity index (χ1) is 10.3. The molecule has 0 fully saturated rings. The van der Waals surface area contributed by atoms with Gasteiger partial charge in [-0.25, -0.2) is 0 Å². The zero-order valence-electron chi connectivity index (χ0n) is 15.0. The molecule has 0 saturated carbocycles. The monoisotopic (exact) mass is 300 g/mol. The number of unbranched alkanes of at least 4 members (excludes halogenated alkanes) is 9. The summed E-state index contributed by atoms with van der Waals surface area (Å²) in [6.07, 6.45) is 16.5. The summed E-state index contributed by atoms with van der Waals surface area (Å²) < 4.78 is 11.9. The number of ether oxygens (including phenoxy) is 2. The van der Waals surface area contributed by atoms with E-state index in [9.17, 15) is 0 Å². The normalized spacial score (nSPS) is 11.4. The van der Waals surface area contributed by atoms with Crippen LogP contribution in [-0.4, -0.2) is 19.5 Å². The Morgan fingerprint density at radius 3 is 1.48 bits per heavy atom. The van der Waals surface area contributed by atoms with E-state index in [-0.39, 0.29) is 6.29 Å². The summed E-state index contributed by atoms with van der Waals surface area (Å²) in [5, 5.41) is 0. The molecule has 0 rings (SSSR count). The van der Waals surface area contributed by atoms with E-state index in [4.69, 9.17) is 9.47 Å². The van der Waals surface area contributed by atoms with Crippen molar-refractivity contribution in [1.82, 2.24) is 0 Å². The molecule has 21 heavy (non-hydrogen) atoms. The predicted octanol–water partition coefficient (Wildman–Crippen LogP) is 6.48. The third-order valence-corrected chi connectivity index (χ3v) is 3.90. The van der Waals surface area contributed by atoms with Gasteiger partial charge >= 0.3 is 0 Å². The second-order valence-electron chi connectivity index (χ2n) is 6.14. The lowest BCUT2D eigenvalue weighted by atomic mass is 10.1. The van der Waals surface area contributed by atoms with Gasteiger partial charge in [-0.2, -0.15) is 0 Å². The van der Waals surface area contributed by atoms with E-state index in [0.29, 0.717) is 0 Å². The SMILES string of the molecule is CCCCCCCCC(OCCCCC)OCCCCC. The van der Waals surface area contributed by atoms with Crippen LogP contribution >= 0.6 is 0 Å². The van der Waals surface area contributed by atoms with Crippen LogP contribution in [0.15, 0.2) is 0 Å². The van der Waals surface area contributed by atoms with E-state index in [1.54, 1.807) is 0 Å². The molecule has 0 aromatic carbocycles. The van der Waals surface area contributed by atoms with Gasteiger partial charge in [-0.15, -0.1) is 0 Å². The van der Waals surface area contributed by atoms with Gasteiger partial charge in [0.1, 0.15) is 0 Å². The Balaban J connectivity index is 3.67. The lowest BCUT2D eigenvalue weighted by Gasteiger charge is -2.18. The minimum Gasteiger partial charge on any atom is -0.353 e. The first-order valence-electron chi connectivity index (χ1n) is 9.58. The summed E-state index contributed by atoms with van der Waals surface area (Å²) in [5.41, 5.74) is 0. The molecule has 0 radical (unpaired) electrons. The Kier molecular flexibility index (Phi) is 17.9. The lowest BCUT2D eigenvalue weighted by Crippen LogP contribution is -2.19. The summed E-state index contributed by atoms with van der Waals surface area (Å²) in [4.78, 5) is 0. The average molecular weight is 301 g/mol. The molecule has 0 heterocycles. The number of hydrogen-bond donors (Lipinski definition) is 0. The first kappa shape index (κ1) is 20.9. The van der Waals surface area contributed by atoms with Crippen molar-refractivity contribution in [2.75, 3.05) is 13.2 Å². The van der Waals surface area contributed by atoms with Crippen molar-refractivity contribution in [3.05, 3.63) is 0 Å².